The largest absolute Gasteiger partial charge is 0.381 e. The molecule has 1 N–H and O–H groups in total. The van der Waals surface area contributed by atoms with Crippen LogP contribution in [0, 0.1) is 0 Å². The van der Waals surface area contributed by atoms with E-state index in [1.54, 1.807) is 0 Å². The van der Waals surface area contributed by atoms with Crippen molar-refractivity contribution >= 4 is 11.6 Å². The molecule has 110 valence electrons. The van der Waals surface area contributed by atoms with Gasteiger partial charge in [-0.25, -0.2) is 0 Å². The molecule has 4 heteroatoms. The van der Waals surface area contributed by atoms with Crippen molar-refractivity contribution in [1.29, 1.82) is 0 Å². The molecule has 1 aliphatic rings. The van der Waals surface area contributed by atoms with Crippen LogP contribution in [0.5, 0.6) is 0 Å². The second-order valence-corrected chi connectivity index (χ2v) is 5.52. The fourth-order valence-corrected chi connectivity index (χ4v) is 2.64. The lowest BCUT2D eigenvalue weighted by atomic mass is 10.1. The van der Waals surface area contributed by atoms with Gasteiger partial charge in [0.15, 0.2) is 0 Å². The fourth-order valence-electron chi connectivity index (χ4n) is 2.64. The van der Waals surface area contributed by atoms with Gasteiger partial charge in [0.2, 0.25) is 5.91 Å². The van der Waals surface area contributed by atoms with Crippen molar-refractivity contribution < 1.29 is 9.53 Å². The highest BCUT2D eigenvalue weighted by Crippen LogP contribution is 2.17. The van der Waals surface area contributed by atoms with E-state index < -0.39 is 0 Å². The summed E-state index contributed by atoms with van der Waals surface area (Å²) in [7, 11) is 0. The maximum atomic E-state index is 12.2. The van der Waals surface area contributed by atoms with E-state index in [1.807, 2.05) is 30.3 Å². The first kappa shape index (κ1) is 15.0. The van der Waals surface area contributed by atoms with Crippen LogP contribution in [0.3, 0.4) is 0 Å². The first-order valence-corrected chi connectivity index (χ1v) is 7.35. The zero-order chi connectivity index (χ0) is 14.4. The number of rotatable bonds is 5. The molecule has 1 heterocycles. The van der Waals surface area contributed by atoms with E-state index in [0.29, 0.717) is 18.6 Å². The normalized spacial score (nSPS) is 16.6. The van der Waals surface area contributed by atoms with Gasteiger partial charge in [0.1, 0.15) is 0 Å². The zero-order valence-electron chi connectivity index (χ0n) is 12.3. The van der Waals surface area contributed by atoms with Gasteiger partial charge < -0.3 is 10.1 Å². The first-order chi connectivity index (χ1) is 9.66. The van der Waals surface area contributed by atoms with Crippen LogP contribution in [0.2, 0.25) is 0 Å². The molecule has 1 fully saturated rings. The smallest absolute Gasteiger partial charge is 0.238 e. The lowest BCUT2D eigenvalue weighted by Crippen LogP contribution is -2.47. The Balaban J connectivity index is 1.92. The van der Waals surface area contributed by atoms with Gasteiger partial charge in [-0.3, -0.25) is 9.69 Å². The molecule has 1 saturated heterocycles. The molecular formula is C16H24N2O2. The average molecular weight is 276 g/mol. The van der Waals surface area contributed by atoms with Crippen LogP contribution < -0.4 is 5.32 Å². The number of para-hydroxylation sites is 1. The van der Waals surface area contributed by atoms with Gasteiger partial charge in [0.25, 0.3) is 0 Å². The summed E-state index contributed by atoms with van der Waals surface area (Å²) in [5.74, 6) is 0.0522. The summed E-state index contributed by atoms with van der Waals surface area (Å²) in [6.45, 7) is 6.33. The van der Waals surface area contributed by atoms with E-state index in [4.69, 9.17) is 4.74 Å². The second-order valence-electron chi connectivity index (χ2n) is 5.52. The molecule has 4 nitrogen and oxygen atoms in total. The summed E-state index contributed by atoms with van der Waals surface area (Å²) >= 11 is 0. The predicted molar refractivity (Wildman–Crippen MR) is 80.8 cm³/mol. The number of benzene rings is 1. The summed E-state index contributed by atoms with van der Waals surface area (Å²) in [4.78, 5) is 14.5. The number of amides is 1. The van der Waals surface area contributed by atoms with Crippen molar-refractivity contribution in [2.45, 2.75) is 38.8 Å². The molecule has 0 aromatic heterocycles. The number of nitrogens with one attached hydrogen (secondary N) is 1. The van der Waals surface area contributed by atoms with Crippen LogP contribution in [-0.4, -0.2) is 42.6 Å². The van der Waals surface area contributed by atoms with Crippen LogP contribution >= 0.6 is 0 Å². The number of hydrogen-bond donors (Lipinski definition) is 1. The Morgan fingerprint density at radius 3 is 2.55 bits per heavy atom. The third-order valence-corrected chi connectivity index (χ3v) is 3.71. The molecule has 0 unspecified atom stereocenters. The Labute approximate surface area is 121 Å². The van der Waals surface area contributed by atoms with Gasteiger partial charge in [-0.1, -0.05) is 18.2 Å². The molecule has 1 aromatic rings. The van der Waals surface area contributed by atoms with E-state index in [1.165, 1.54) is 0 Å². The molecule has 0 aliphatic carbocycles. The highest BCUT2D eigenvalue weighted by atomic mass is 16.5. The maximum absolute atomic E-state index is 12.2. The monoisotopic (exact) mass is 276 g/mol. The van der Waals surface area contributed by atoms with E-state index in [2.05, 4.69) is 24.1 Å². The highest BCUT2D eigenvalue weighted by Gasteiger charge is 2.25. The lowest BCUT2D eigenvalue weighted by Gasteiger charge is -2.36. The number of nitrogens with zero attached hydrogens (tertiary/aromatic N) is 1. The Hall–Kier alpha value is -1.39. The number of carbonyl (C=O) groups excluding carboxylic acids is 1. The number of hydrogen-bond acceptors (Lipinski definition) is 3. The quantitative estimate of drug-likeness (QED) is 0.898. The summed E-state index contributed by atoms with van der Waals surface area (Å²) in [6, 6.07) is 10.4. The molecule has 2 rings (SSSR count). The second kappa shape index (κ2) is 7.41. The van der Waals surface area contributed by atoms with Crippen LogP contribution in [0.4, 0.5) is 5.69 Å². The van der Waals surface area contributed by atoms with Crippen molar-refractivity contribution in [2.75, 3.05) is 25.1 Å². The van der Waals surface area contributed by atoms with Gasteiger partial charge in [-0.05, 0) is 38.8 Å². The summed E-state index contributed by atoms with van der Waals surface area (Å²) in [6.07, 6.45) is 2.02. The van der Waals surface area contributed by atoms with E-state index in [0.717, 1.165) is 31.7 Å². The third kappa shape index (κ3) is 4.32. The minimum absolute atomic E-state index is 0.0522. The minimum Gasteiger partial charge on any atom is -0.381 e. The van der Waals surface area contributed by atoms with Crippen LogP contribution in [0.25, 0.3) is 0 Å². The van der Waals surface area contributed by atoms with Gasteiger partial charge in [-0.15, -0.1) is 0 Å². The molecule has 0 bridgehead atoms. The fraction of sp³-hybridized carbons (Fsp3) is 0.562. The topological polar surface area (TPSA) is 41.6 Å². The maximum Gasteiger partial charge on any atom is 0.238 e. The summed E-state index contributed by atoms with van der Waals surface area (Å²) in [5, 5.41) is 2.95. The van der Waals surface area contributed by atoms with Gasteiger partial charge >= 0.3 is 0 Å². The zero-order valence-corrected chi connectivity index (χ0v) is 12.3. The van der Waals surface area contributed by atoms with Gasteiger partial charge in [0.05, 0.1) is 6.54 Å². The molecule has 0 atom stereocenters. The van der Waals surface area contributed by atoms with Crippen LogP contribution in [-0.2, 0) is 9.53 Å². The average Bonchev–Trinajstić information content (AvgIpc) is 2.46. The summed E-state index contributed by atoms with van der Waals surface area (Å²) in [5.41, 5.74) is 0.855. The lowest BCUT2D eigenvalue weighted by molar-refractivity contribution is -0.119. The van der Waals surface area contributed by atoms with Gasteiger partial charge in [0, 0.05) is 31.0 Å². The molecular weight excluding hydrogens is 252 g/mol. The van der Waals surface area contributed by atoms with E-state index in [9.17, 15) is 4.79 Å². The Morgan fingerprint density at radius 2 is 1.95 bits per heavy atom. The molecule has 20 heavy (non-hydrogen) atoms. The number of carbonyl (C=O) groups is 1. The minimum atomic E-state index is 0.0522. The van der Waals surface area contributed by atoms with E-state index in [-0.39, 0.29) is 5.91 Å². The molecule has 1 aliphatic heterocycles. The molecule has 1 aromatic carbocycles. The third-order valence-electron chi connectivity index (χ3n) is 3.71. The number of anilines is 1. The van der Waals surface area contributed by atoms with Crippen molar-refractivity contribution in [1.82, 2.24) is 4.90 Å². The van der Waals surface area contributed by atoms with E-state index >= 15 is 0 Å². The Bertz CT molecular complexity index is 414. The van der Waals surface area contributed by atoms with Crippen molar-refractivity contribution in [3.05, 3.63) is 30.3 Å². The van der Waals surface area contributed by atoms with Crippen LogP contribution in [0.15, 0.2) is 30.3 Å². The molecule has 1 amide bonds. The SMILES string of the molecule is CC(C)N(CC(=O)Nc1ccccc1)C1CCOCC1. The van der Waals surface area contributed by atoms with Crippen molar-refractivity contribution in [3.8, 4) is 0 Å². The first-order valence-electron chi connectivity index (χ1n) is 7.35. The summed E-state index contributed by atoms with van der Waals surface area (Å²) < 4.78 is 5.40. The van der Waals surface area contributed by atoms with Crippen LogP contribution in [0.1, 0.15) is 26.7 Å². The Kier molecular flexibility index (Phi) is 5.56. The Morgan fingerprint density at radius 1 is 1.30 bits per heavy atom. The molecule has 0 spiro atoms. The van der Waals surface area contributed by atoms with Gasteiger partial charge in [-0.2, -0.15) is 0 Å². The standard InChI is InChI=1S/C16H24N2O2/c1-13(2)18(15-8-10-20-11-9-15)12-16(19)17-14-6-4-3-5-7-14/h3-7,13,15H,8-12H2,1-2H3,(H,17,19). The molecule has 0 saturated carbocycles. The molecule has 0 radical (unpaired) electrons. The number of ether oxygens (including phenoxy) is 1. The van der Waals surface area contributed by atoms with Crippen molar-refractivity contribution in [3.63, 3.8) is 0 Å². The highest BCUT2D eigenvalue weighted by molar-refractivity contribution is 5.92. The van der Waals surface area contributed by atoms with Crippen molar-refractivity contribution in [2.24, 2.45) is 0 Å². The predicted octanol–water partition coefficient (Wildman–Crippen LogP) is 2.51.